The summed E-state index contributed by atoms with van der Waals surface area (Å²) < 4.78 is 49.9. The van der Waals surface area contributed by atoms with E-state index in [2.05, 4.69) is 10.6 Å². The van der Waals surface area contributed by atoms with E-state index in [4.69, 9.17) is 9.47 Å². The standard InChI is InChI=1S/C18H17F3N2O3/c1-11(22-12-6-7-15-16(10-12)26-9-8-25-15)17(24)23-14-5-3-2-4-13(14)18(19,20)21/h2-7,10-11,22H,8-9H2,1H3,(H,23,24)/t11-/m1/s1. The van der Waals surface area contributed by atoms with Gasteiger partial charge in [-0.25, -0.2) is 0 Å². The van der Waals surface area contributed by atoms with Gasteiger partial charge in [-0.1, -0.05) is 12.1 Å². The van der Waals surface area contributed by atoms with E-state index in [-0.39, 0.29) is 5.69 Å². The molecule has 138 valence electrons. The first-order valence-electron chi connectivity index (χ1n) is 7.98. The quantitative estimate of drug-likeness (QED) is 0.861. The van der Waals surface area contributed by atoms with Crippen molar-refractivity contribution in [1.82, 2.24) is 0 Å². The van der Waals surface area contributed by atoms with E-state index < -0.39 is 23.7 Å². The number of carbonyl (C=O) groups is 1. The Morgan fingerprint density at radius 2 is 1.77 bits per heavy atom. The minimum atomic E-state index is -4.55. The average Bonchev–Trinajstić information content (AvgIpc) is 2.61. The Hall–Kier alpha value is -2.90. The number of carbonyl (C=O) groups excluding carboxylic acids is 1. The lowest BCUT2D eigenvalue weighted by Gasteiger charge is -2.21. The maximum atomic E-state index is 13.0. The summed E-state index contributed by atoms with van der Waals surface area (Å²) >= 11 is 0. The predicted molar refractivity (Wildman–Crippen MR) is 90.6 cm³/mol. The second kappa shape index (κ2) is 7.15. The minimum absolute atomic E-state index is 0.277. The fourth-order valence-corrected chi connectivity index (χ4v) is 2.53. The van der Waals surface area contributed by atoms with Gasteiger partial charge in [0.15, 0.2) is 11.5 Å². The molecule has 0 aliphatic carbocycles. The van der Waals surface area contributed by atoms with Crippen LogP contribution in [0.15, 0.2) is 42.5 Å². The summed E-state index contributed by atoms with van der Waals surface area (Å²) in [6, 6.07) is 9.19. The molecule has 0 saturated heterocycles. The zero-order valence-electron chi connectivity index (χ0n) is 13.9. The fraction of sp³-hybridized carbons (Fsp3) is 0.278. The maximum absolute atomic E-state index is 13.0. The molecule has 8 heteroatoms. The molecule has 26 heavy (non-hydrogen) atoms. The summed E-state index contributed by atoms with van der Waals surface area (Å²) in [6.07, 6.45) is -4.55. The first kappa shape index (κ1) is 17.9. The van der Waals surface area contributed by atoms with Gasteiger partial charge in [-0.15, -0.1) is 0 Å². The van der Waals surface area contributed by atoms with Crippen LogP contribution >= 0.6 is 0 Å². The molecule has 0 bridgehead atoms. The van der Waals surface area contributed by atoms with E-state index in [1.54, 1.807) is 25.1 Å². The number of para-hydroxylation sites is 1. The Kier molecular flexibility index (Phi) is 4.92. The lowest BCUT2D eigenvalue weighted by atomic mass is 10.1. The van der Waals surface area contributed by atoms with Crippen molar-refractivity contribution in [3.63, 3.8) is 0 Å². The van der Waals surface area contributed by atoms with E-state index >= 15 is 0 Å². The molecule has 2 N–H and O–H groups in total. The molecule has 1 aliphatic heterocycles. The molecule has 0 unspecified atom stereocenters. The highest BCUT2D eigenvalue weighted by atomic mass is 19.4. The molecular formula is C18H17F3N2O3. The molecule has 1 amide bonds. The zero-order chi connectivity index (χ0) is 18.7. The summed E-state index contributed by atoms with van der Waals surface area (Å²) in [6.45, 7) is 2.46. The van der Waals surface area contributed by atoms with Crippen LogP contribution in [0.5, 0.6) is 11.5 Å². The fourth-order valence-electron chi connectivity index (χ4n) is 2.53. The number of ether oxygens (including phenoxy) is 2. The number of hydrogen-bond acceptors (Lipinski definition) is 4. The molecular weight excluding hydrogens is 349 g/mol. The molecule has 1 atom stereocenters. The van der Waals surface area contributed by atoms with Crippen LogP contribution in [0.2, 0.25) is 0 Å². The third-order valence-electron chi connectivity index (χ3n) is 3.81. The molecule has 2 aromatic carbocycles. The van der Waals surface area contributed by atoms with Crippen molar-refractivity contribution < 1.29 is 27.4 Å². The third kappa shape index (κ3) is 4.01. The van der Waals surface area contributed by atoms with Crippen LogP contribution in [-0.4, -0.2) is 25.2 Å². The second-order valence-corrected chi connectivity index (χ2v) is 5.76. The first-order valence-corrected chi connectivity index (χ1v) is 7.98. The monoisotopic (exact) mass is 366 g/mol. The normalized spacial score (nSPS) is 14.5. The highest BCUT2D eigenvalue weighted by molar-refractivity contribution is 5.97. The van der Waals surface area contributed by atoms with Crippen molar-refractivity contribution in [2.45, 2.75) is 19.1 Å². The SMILES string of the molecule is C[C@@H](Nc1ccc2c(c1)OCCO2)C(=O)Nc1ccccc1C(F)(F)F. The largest absolute Gasteiger partial charge is 0.486 e. The predicted octanol–water partition coefficient (Wildman–Crippen LogP) is 3.92. The number of alkyl halides is 3. The maximum Gasteiger partial charge on any atom is 0.418 e. The number of fused-ring (bicyclic) bond motifs is 1. The number of nitrogens with one attached hydrogen (secondary N) is 2. The van der Waals surface area contributed by atoms with Crippen molar-refractivity contribution >= 4 is 17.3 Å². The molecule has 1 aliphatic rings. The number of amides is 1. The van der Waals surface area contributed by atoms with Crippen LogP contribution in [0, 0.1) is 0 Å². The van der Waals surface area contributed by atoms with Gasteiger partial charge in [0, 0.05) is 11.8 Å². The summed E-state index contributed by atoms with van der Waals surface area (Å²) in [4.78, 5) is 12.3. The summed E-state index contributed by atoms with van der Waals surface area (Å²) in [5.41, 5.74) is -0.568. The molecule has 1 heterocycles. The van der Waals surface area contributed by atoms with Gasteiger partial charge in [0.2, 0.25) is 5.91 Å². The van der Waals surface area contributed by atoms with Crippen LogP contribution in [0.3, 0.4) is 0 Å². The van der Waals surface area contributed by atoms with Crippen LogP contribution in [-0.2, 0) is 11.0 Å². The molecule has 0 radical (unpaired) electrons. The van der Waals surface area contributed by atoms with Crippen LogP contribution in [0.4, 0.5) is 24.5 Å². The third-order valence-corrected chi connectivity index (χ3v) is 3.81. The molecule has 0 fully saturated rings. The molecule has 0 spiro atoms. The summed E-state index contributed by atoms with van der Waals surface area (Å²) in [5.74, 6) is 0.575. The van der Waals surface area contributed by atoms with Crippen molar-refractivity contribution in [2.24, 2.45) is 0 Å². The minimum Gasteiger partial charge on any atom is -0.486 e. The van der Waals surface area contributed by atoms with Gasteiger partial charge < -0.3 is 20.1 Å². The van der Waals surface area contributed by atoms with Crippen LogP contribution in [0.1, 0.15) is 12.5 Å². The van der Waals surface area contributed by atoms with Gasteiger partial charge in [-0.3, -0.25) is 4.79 Å². The highest BCUT2D eigenvalue weighted by Crippen LogP contribution is 2.35. The Morgan fingerprint density at radius 1 is 1.08 bits per heavy atom. The Balaban J connectivity index is 1.69. The molecule has 0 aromatic heterocycles. The zero-order valence-corrected chi connectivity index (χ0v) is 13.9. The summed E-state index contributed by atoms with van der Waals surface area (Å²) in [5, 5.41) is 5.26. The van der Waals surface area contributed by atoms with E-state index in [1.807, 2.05) is 0 Å². The number of halogens is 3. The first-order chi connectivity index (χ1) is 12.3. The Bertz CT molecular complexity index is 809. The van der Waals surface area contributed by atoms with Crippen LogP contribution in [0.25, 0.3) is 0 Å². The molecule has 3 rings (SSSR count). The van der Waals surface area contributed by atoms with E-state index in [1.165, 1.54) is 18.2 Å². The molecule has 2 aromatic rings. The average molecular weight is 366 g/mol. The van der Waals surface area contributed by atoms with E-state index in [0.29, 0.717) is 30.4 Å². The van der Waals surface area contributed by atoms with Gasteiger partial charge in [0.25, 0.3) is 0 Å². The van der Waals surface area contributed by atoms with E-state index in [9.17, 15) is 18.0 Å². The lowest BCUT2D eigenvalue weighted by Crippen LogP contribution is -2.32. The smallest absolute Gasteiger partial charge is 0.418 e. The van der Waals surface area contributed by atoms with Crippen molar-refractivity contribution in [1.29, 1.82) is 0 Å². The van der Waals surface area contributed by atoms with E-state index in [0.717, 1.165) is 6.07 Å². The number of hydrogen-bond donors (Lipinski definition) is 2. The van der Waals surface area contributed by atoms with Gasteiger partial charge >= 0.3 is 6.18 Å². The van der Waals surface area contributed by atoms with Crippen molar-refractivity contribution in [3.8, 4) is 11.5 Å². The summed E-state index contributed by atoms with van der Waals surface area (Å²) in [7, 11) is 0. The molecule has 5 nitrogen and oxygen atoms in total. The van der Waals surface area contributed by atoms with Gasteiger partial charge in [0.1, 0.15) is 19.3 Å². The van der Waals surface area contributed by atoms with Crippen LogP contribution < -0.4 is 20.1 Å². The Morgan fingerprint density at radius 3 is 2.50 bits per heavy atom. The molecule has 0 saturated carbocycles. The highest BCUT2D eigenvalue weighted by Gasteiger charge is 2.33. The number of benzene rings is 2. The Labute approximate surface area is 148 Å². The van der Waals surface area contributed by atoms with Gasteiger partial charge in [0.05, 0.1) is 11.3 Å². The number of anilines is 2. The van der Waals surface area contributed by atoms with Crippen molar-refractivity contribution in [3.05, 3.63) is 48.0 Å². The van der Waals surface area contributed by atoms with Gasteiger partial charge in [-0.2, -0.15) is 13.2 Å². The second-order valence-electron chi connectivity index (χ2n) is 5.76. The number of rotatable bonds is 4. The van der Waals surface area contributed by atoms with Crippen molar-refractivity contribution in [2.75, 3.05) is 23.8 Å². The van der Waals surface area contributed by atoms with Gasteiger partial charge in [-0.05, 0) is 31.2 Å². The lowest BCUT2D eigenvalue weighted by molar-refractivity contribution is -0.137. The topological polar surface area (TPSA) is 59.6 Å².